The number of pyridine rings is 1. The van der Waals surface area contributed by atoms with E-state index in [1.165, 1.54) is 0 Å². The van der Waals surface area contributed by atoms with Crippen LogP contribution in [0.1, 0.15) is 44.5 Å². The molecule has 0 N–H and O–H groups in total. The number of fused-ring (bicyclic) bond motifs is 1. The zero-order valence-corrected chi connectivity index (χ0v) is 16.3. The molecule has 28 heavy (non-hydrogen) atoms. The van der Waals surface area contributed by atoms with Crippen molar-refractivity contribution in [2.75, 3.05) is 13.7 Å². The number of aryl methyl sites for hydroxylation is 2. The maximum Gasteiger partial charge on any atom is 0.340 e. The molecule has 5 nitrogen and oxygen atoms in total. The number of esters is 1. The van der Waals surface area contributed by atoms with Gasteiger partial charge >= 0.3 is 5.97 Å². The molecule has 0 fully saturated rings. The smallest absolute Gasteiger partial charge is 0.340 e. The second-order valence-electron chi connectivity index (χ2n) is 6.56. The number of ketones is 1. The molecule has 3 aromatic rings. The van der Waals surface area contributed by atoms with Gasteiger partial charge in [0.15, 0.2) is 12.4 Å². The van der Waals surface area contributed by atoms with E-state index in [1.807, 2.05) is 43.3 Å². The molecule has 0 atom stereocenters. The Kier molecular flexibility index (Phi) is 6.16. The third kappa shape index (κ3) is 4.10. The summed E-state index contributed by atoms with van der Waals surface area (Å²) in [4.78, 5) is 29.7. The van der Waals surface area contributed by atoms with Crippen molar-refractivity contribution in [3.8, 4) is 0 Å². The van der Waals surface area contributed by atoms with Crippen LogP contribution in [0.5, 0.6) is 0 Å². The fourth-order valence-electron chi connectivity index (χ4n) is 3.17. The van der Waals surface area contributed by atoms with Gasteiger partial charge in [0.05, 0.1) is 23.4 Å². The lowest BCUT2D eigenvalue weighted by Gasteiger charge is -2.13. The summed E-state index contributed by atoms with van der Waals surface area (Å²) in [5.74, 6) is -0.808. The van der Waals surface area contributed by atoms with Crippen LogP contribution in [-0.2, 0) is 22.5 Å². The van der Waals surface area contributed by atoms with Gasteiger partial charge in [0.2, 0.25) is 0 Å². The molecule has 1 aromatic heterocycles. The Morgan fingerprint density at radius 3 is 2.43 bits per heavy atom. The first-order valence-electron chi connectivity index (χ1n) is 9.21. The minimum atomic E-state index is -0.568. The monoisotopic (exact) mass is 377 g/mol. The lowest BCUT2D eigenvalue weighted by Crippen LogP contribution is -2.18. The molecule has 3 rings (SSSR count). The van der Waals surface area contributed by atoms with E-state index in [9.17, 15) is 9.59 Å². The summed E-state index contributed by atoms with van der Waals surface area (Å²) in [6.07, 6.45) is 0.903. The number of para-hydroxylation sites is 1. The molecule has 1 heterocycles. The van der Waals surface area contributed by atoms with E-state index < -0.39 is 5.97 Å². The van der Waals surface area contributed by atoms with Crippen LogP contribution in [0.25, 0.3) is 10.9 Å². The number of rotatable bonds is 7. The van der Waals surface area contributed by atoms with Crippen molar-refractivity contribution in [2.24, 2.45) is 0 Å². The fourth-order valence-corrected chi connectivity index (χ4v) is 3.17. The molecule has 0 unspecified atom stereocenters. The number of hydrogen-bond acceptors (Lipinski definition) is 5. The normalized spacial score (nSPS) is 10.8. The van der Waals surface area contributed by atoms with Gasteiger partial charge in [-0.2, -0.15) is 0 Å². The number of hydrogen-bond donors (Lipinski definition) is 0. The highest BCUT2D eigenvalue weighted by Crippen LogP contribution is 2.24. The SMILES string of the molecule is CCc1ccc(C(=O)COC(=O)c2c(COC)nc3ccccc3c2C)cc1. The maximum absolute atomic E-state index is 12.8. The summed E-state index contributed by atoms with van der Waals surface area (Å²) in [6.45, 7) is 3.77. The second kappa shape index (κ2) is 8.76. The molecular weight excluding hydrogens is 354 g/mol. The Morgan fingerprint density at radius 1 is 1.04 bits per heavy atom. The van der Waals surface area contributed by atoms with Crippen molar-refractivity contribution < 1.29 is 19.1 Å². The highest BCUT2D eigenvalue weighted by atomic mass is 16.5. The first-order chi connectivity index (χ1) is 13.5. The van der Waals surface area contributed by atoms with Crippen LogP contribution in [0.2, 0.25) is 0 Å². The minimum absolute atomic E-state index is 0.183. The number of carbonyl (C=O) groups excluding carboxylic acids is 2. The Bertz CT molecular complexity index is 1010. The number of ether oxygens (including phenoxy) is 2. The Balaban J connectivity index is 1.83. The third-order valence-corrected chi connectivity index (χ3v) is 4.73. The summed E-state index contributed by atoms with van der Waals surface area (Å²) in [6, 6.07) is 14.9. The van der Waals surface area contributed by atoms with Crippen LogP contribution in [0.3, 0.4) is 0 Å². The first kappa shape index (κ1) is 19.7. The first-order valence-corrected chi connectivity index (χ1v) is 9.21. The largest absolute Gasteiger partial charge is 0.454 e. The number of Topliss-reactive ketones (excluding diaryl/α,β-unsaturated/α-hetero) is 1. The molecule has 0 aliphatic carbocycles. The summed E-state index contributed by atoms with van der Waals surface area (Å²) in [5, 5.41) is 0.871. The summed E-state index contributed by atoms with van der Waals surface area (Å²) in [7, 11) is 1.55. The van der Waals surface area contributed by atoms with Gasteiger partial charge in [-0.25, -0.2) is 9.78 Å². The van der Waals surface area contributed by atoms with Gasteiger partial charge in [0.1, 0.15) is 0 Å². The van der Waals surface area contributed by atoms with Gasteiger partial charge in [-0.1, -0.05) is 49.4 Å². The standard InChI is InChI=1S/C23H23NO4/c1-4-16-9-11-17(12-10-16)21(25)14-28-23(26)22-15(2)18-7-5-6-8-19(18)24-20(22)13-27-3/h5-12H,4,13-14H2,1-3H3. The molecule has 0 saturated heterocycles. The highest BCUT2D eigenvalue weighted by molar-refractivity contribution is 6.01. The zero-order valence-electron chi connectivity index (χ0n) is 16.3. The van der Waals surface area contributed by atoms with Crippen molar-refractivity contribution >= 4 is 22.7 Å². The van der Waals surface area contributed by atoms with E-state index >= 15 is 0 Å². The topological polar surface area (TPSA) is 65.5 Å². The fraction of sp³-hybridized carbons (Fsp3) is 0.261. The zero-order chi connectivity index (χ0) is 20.1. The van der Waals surface area contributed by atoms with E-state index in [2.05, 4.69) is 11.9 Å². The molecule has 2 aromatic carbocycles. The number of carbonyl (C=O) groups is 2. The van der Waals surface area contributed by atoms with Gasteiger partial charge in [-0.15, -0.1) is 0 Å². The van der Waals surface area contributed by atoms with Crippen molar-refractivity contribution in [2.45, 2.75) is 26.9 Å². The van der Waals surface area contributed by atoms with Crippen LogP contribution in [-0.4, -0.2) is 30.5 Å². The van der Waals surface area contributed by atoms with E-state index in [4.69, 9.17) is 9.47 Å². The molecular formula is C23H23NO4. The molecule has 0 spiro atoms. The van der Waals surface area contributed by atoms with Crippen LogP contribution in [0.15, 0.2) is 48.5 Å². The highest BCUT2D eigenvalue weighted by Gasteiger charge is 2.21. The molecule has 0 radical (unpaired) electrons. The van der Waals surface area contributed by atoms with Gasteiger partial charge < -0.3 is 9.47 Å². The van der Waals surface area contributed by atoms with E-state index in [-0.39, 0.29) is 19.0 Å². The van der Waals surface area contributed by atoms with Gasteiger partial charge in [0, 0.05) is 18.1 Å². The van der Waals surface area contributed by atoms with Gasteiger partial charge in [0.25, 0.3) is 0 Å². The van der Waals surface area contributed by atoms with Crippen molar-refractivity contribution in [1.82, 2.24) is 4.98 Å². The van der Waals surface area contributed by atoms with Gasteiger partial charge in [-0.05, 0) is 30.5 Å². The molecule has 0 saturated carbocycles. The number of nitrogens with zero attached hydrogens (tertiary/aromatic N) is 1. The average molecular weight is 377 g/mol. The second-order valence-corrected chi connectivity index (χ2v) is 6.56. The lowest BCUT2D eigenvalue weighted by molar-refractivity contribution is 0.0469. The Hall–Kier alpha value is -3.05. The summed E-state index contributed by atoms with van der Waals surface area (Å²) >= 11 is 0. The predicted octanol–water partition coefficient (Wildman–Crippen LogP) is 4.29. The predicted molar refractivity (Wildman–Crippen MR) is 108 cm³/mol. The summed E-state index contributed by atoms with van der Waals surface area (Å²) in [5.41, 5.74) is 4.09. The number of methoxy groups -OCH3 is 1. The Labute approximate surface area is 164 Å². The van der Waals surface area contributed by atoms with Crippen molar-refractivity contribution in [1.29, 1.82) is 0 Å². The average Bonchev–Trinajstić information content (AvgIpc) is 2.72. The Morgan fingerprint density at radius 2 is 1.75 bits per heavy atom. The third-order valence-electron chi connectivity index (χ3n) is 4.73. The lowest BCUT2D eigenvalue weighted by atomic mass is 10.0. The van der Waals surface area contributed by atoms with Crippen LogP contribution >= 0.6 is 0 Å². The number of benzene rings is 2. The van der Waals surface area contributed by atoms with Crippen molar-refractivity contribution in [3.63, 3.8) is 0 Å². The van der Waals surface area contributed by atoms with E-state index in [0.717, 1.165) is 28.5 Å². The van der Waals surface area contributed by atoms with Gasteiger partial charge in [-0.3, -0.25) is 4.79 Å². The maximum atomic E-state index is 12.8. The molecule has 0 aliphatic heterocycles. The summed E-state index contributed by atoms with van der Waals surface area (Å²) < 4.78 is 10.5. The van der Waals surface area contributed by atoms with E-state index in [0.29, 0.717) is 16.8 Å². The number of aromatic nitrogens is 1. The minimum Gasteiger partial charge on any atom is -0.454 e. The molecule has 0 aliphatic rings. The van der Waals surface area contributed by atoms with Crippen LogP contribution in [0.4, 0.5) is 0 Å². The molecule has 5 heteroatoms. The quantitative estimate of drug-likeness (QED) is 0.454. The van der Waals surface area contributed by atoms with E-state index in [1.54, 1.807) is 19.2 Å². The van der Waals surface area contributed by atoms with Crippen LogP contribution in [0, 0.1) is 6.92 Å². The van der Waals surface area contributed by atoms with Crippen LogP contribution < -0.4 is 0 Å². The molecule has 144 valence electrons. The molecule has 0 bridgehead atoms. The van der Waals surface area contributed by atoms with Crippen molar-refractivity contribution in [3.05, 3.63) is 76.5 Å². The molecule has 0 amide bonds.